The maximum absolute atomic E-state index is 13.2. The molecule has 2 rings (SSSR count). The molecule has 1 aromatic carbocycles. The third-order valence-corrected chi connectivity index (χ3v) is 7.41. The minimum Gasteiger partial charge on any atom is -0.392 e. The molecule has 1 saturated heterocycles. The van der Waals surface area contributed by atoms with Crippen LogP contribution in [0.5, 0.6) is 0 Å². The first-order chi connectivity index (χ1) is 19.4. The van der Waals surface area contributed by atoms with Crippen LogP contribution in [-0.4, -0.2) is 64.5 Å². The molecule has 6 atom stereocenters. The Morgan fingerprint density at radius 2 is 1.78 bits per heavy atom. The van der Waals surface area contributed by atoms with Gasteiger partial charge in [0, 0.05) is 6.54 Å². The van der Waals surface area contributed by atoms with Crippen LogP contribution >= 0.6 is 0 Å². The molecule has 0 spiro atoms. The van der Waals surface area contributed by atoms with E-state index in [1.807, 2.05) is 31.2 Å². The van der Waals surface area contributed by atoms with Crippen molar-refractivity contribution in [1.29, 1.82) is 0 Å². The van der Waals surface area contributed by atoms with E-state index in [2.05, 4.69) is 34.5 Å². The van der Waals surface area contributed by atoms with Crippen LogP contribution in [0.3, 0.4) is 0 Å². The van der Waals surface area contributed by atoms with Crippen molar-refractivity contribution >= 4 is 29.7 Å². The van der Waals surface area contributed by atoms with E-state index in [1.165, 1.54) is 5.01 Å². The topological polar surface area (TPSA) is 140 Å². The first-order valence-corrected chi connectivity index (χ1v) is 14.4. The second-order valence-corrected chi connectivity index (χ2v) is 11.1. The lowest BCUT2D eigenvalue weighted by Crippen LogP contribution is -2.62. The van der Waals surface area contributed by atoms with Gasteiger partial charge in [-0.3, -0.25) is 24.2 Å². The zero-order valence-corrected chi connectivity index (χ0v) is 25.0. The number of nitrogens with zero attached hydrogens (tertiary/aromatic N) is 1. The SMILES string of the molecule is C=CCC[C@@H](O)C(C)C(=O)NC(C(=O)NC(C)C(=O)N1CCC[C@@H](C(=O)NC(C)c2cccc(C=C)c2)N1)C(C)C. The lowest BCUT2D eigenvalue weighted by atomic mass is 9.97. The summed E-state index contributed by atoms with van der Waals surface area (Å²) >= 11 is 0. The van der Waals surface area contributed by atoms with Gasteiger partial charge < -0.3 is 21.1 Å². The Bertz CT molecular complexity index is 1090. The van der Waals surface area contributed by atoms with Crippen molar-refractivity contribution in [2.45, 2.75) is 90.6 Å². The number of hydrazine groups is 1. The standard InChI is InChI=1S/C31H47N5O5/c1-8-10-16-26(37)20(5)28(38)34-27(19(3)4)30(40)33-22(7)31(41)36-17-12-15-25(35-36)29(39)32-21(6)24-14-11-13-23(9-2)18-24/h8-9,11,13-14,18-22,25-27,35,37H,1-2,10,12,15-17H2,3-7H3,(H,32,39)(H,33,40)(H,34,38)/t20?,21?,22?,25-,26+,27?/m0/s1. The summed E-state index contributed by atoms with van der Waals surface area (Å²) in [6.07, 6.45) is 4.71. The van der Waals surface area contributed by atoms with E-state index < -0.39 is 42.0 Å². The Morgan fingerprint density at radius 3 is 2.41 bits per heavy atom. The zero-order valence-electron chi connectivity index (χ0n) is 25.0. The predicted octanol–water partition coefficient (Wildman–Crippen LogP) is 2.61. The molecule has 226 valence electrons. The highest BCUT2D eigenvalue weighted by Crippen LogP contribution is 2.17. The number of rotatable bonds is 14. The Labute approximate surface area is 244 Å². The normalized spacial score (nSPS) is 18.8. The van der Waals surface area contributed by atoms with Gasteiger partial charge in [0.1, 0.15) is 18.1 Å². The highest BCUT2D eigenvalue weighted by Gasteiger charge is 2.34. The van der Waals surface area contributed by atoms with Crippen LogP contribution in [0, 0.1) is 11.8 Å². The third-order valence-electron chi connectivity index (χ3n) is 7.41. The molecule has 5 N–H and O–H groups in total. The summed E-state index contributed by atoms with van der Waals surface area (Å²) in [6, 6.07) is 5.13. The second-order valence-electron chi connectivity index (χ2n) is 11.1. The first kappa shape index (κ1) is 33.7. The van der Waals surface area contributed by atoms with Crippen LogP contribution in [-0.2, 0) is 19.2 Å². The van der Waals surface area contributed by atoms with E-state index >= 15 is 0 Å². The molecule has 1 fully saturated rings. The monoisotopic (exact) mass is 569 g/mol. The van der Waals surface area contributed by atoms with Crippen LogP contribution in [0.4, 0.5) is 0 Å². The Morgan fingerprint density at radius 1 is 1.07 bits per heavy atom. The van der Waals surface area contributed by atoms with Gasteiger partial charge in [-0.2, -0.15) is 0 Å². The van der Waals surface area contributed by atoms with E-state index in [1.54, 1.807) is 39.8 Å². The van der Waals surface area contributed by atoms with Gasteiger partial charge in [-0.05, 0) is 62.6 Å². The lowest BCUT2D eigenvalue weighted by Gasteiger charge is -2.35. The average Bonchev–Trinajstić information content (AvgIpc) is 2.97. The largest absolute Gasteiger partial charge is 0.392 e. The van der Waals surface area contributed by atoms with Gasteiger partial charge in [-0.25, -0.2) is 5.43 Å². The molecule has 1 aliphatic heterocycles. The van der Waals surface area contributed by atoms with Crippen molar-refractivity contribution in [3.63, 3.8) is 0 Å². The number of amides is 4. The number of hydrogen-bond acceptors (Lipinski definition) is 6. The fraction of sp³-hybridized carbons (Fsp3) is 0.548. The van der Waals surface area contributed by atoms with Gasteiger partial charge in [0.2, 0.25) is 17.7 Å². The molecule has 0 aromatic heterocycles. The number of hydrogen-bond donors (Lipinski definition) is 5. The molecule has 10 nitrogen and oxygen atoms in total. The summed E-state index contributed by atoms with van der Waals surface area (Å²) in [7, 11) is 0. The molecule has 0 bridgehead atoms. The van der Waals surface area contributed by atoms with Crippen LogP contribution < -0.4 is 21.4 Å². The summed E-state index contributed by atoms with van der Waals surface area (Å²) in [6.45, 7) is 16.5. The molecular formula is C31H47N5O5. The Kier molecular flexibility index (Phi) is 13.2. The maximum atomic E-state index is 13.2. The molecule has 1 aliphatic rings. The van der Waals surface area contributed by atoms with Crippen molar-refractivity contribution in [3.8, 4) is 0 Å². The molecule has 41 heavy (non-hydrogen) atoms. The fourth-order valence-corrected chi connectivity index (χ4v) is 4.62. The van der Waals surface area contributed by atoms with Crippen LogP contribution in [0.25, 0.3) is 6.08 Å². The molecular weight excluding hydrogens is 522 g/mol. The number of carbonyl (C=O) groups is 4. The van der Waals surface area contributed by atoms with Crippen molar-refractivity contribution < 1.29 is 24.3 Å². The summed E-state index contributed by atoms with van der Waals surface area (Å²) in [5, 5.41) is 20.1. The van der Waals surface area contributed by atoms with E-state index in [-0.39, 0.29) is 23.8 Å². The van der Waals surface area contributed by atoms with Crippen LogP contribution in [0.1, 0.15) is 77.5 Å². The average molecular weight is 570 g/mol. The molecule has 0 aliphatic carbocycles. The smallest absolute Gasteiger partial charge is 0.258 e. The van der Waals surface area contributed by atoms with Crippen molar-refractivity contribution in [1.82, 2.24) is 26.4 Å². The predicted molar refractivity (Wildman–Crippen MR) is 160 cm³/mol. The van der Waals surface area contributed by atoms with Gasteiger partial charge in [-0.1, -0.05) is 57.7 Å². The van der Waals surface area contributed by atoms with Gasteiger partial charge in [0.25, 0.3) is 5.91 Å². The van der Waals surface area contributed by atoms with Crippen molar-refractivity contribution in [3.05, 3.63) is 54.6 Å². The zero-order chi connectivity index (χ0) is 30.7. The summed E-state index contributed by atoms with van der Waals surface area (Å²) < 4.78 is 0. The molecule has 4 amide bonds. The van der Waals surface area contributed by atoms with E-state index in [9.17, 15) is 24.3 Å². The Balaban J connectivity index is 1.96. The maximum Gasteiger partial charge on any atom is 0.258 e. The quantitative estimate of drug-likeness (QED) is 0.218. The van der Waals surface area contributed by atoms with E-state index in [0.717, 1.165) is 11.1 Å². The van der Waals surface area contributed by atoms with Crippen LogP contribution in [0.15, 0.2) is 43.5 Å². The molecule has 0 saturated carbocycles. The van der Waals surface area contributed by atoms with Crippen LogP contribution in [0.2, 0.25) is 0 Å². The number of benzene rings is 1. The number of aliphatic hydroxyl groups is 1. The summed E-state index contributed by atoms with van der Waals surface area (Å²) in [5.74, 6) is -2.51. The lowest BCUT2D eigenvalue weighted by molar-refractivity contribution is -0.143. The second kappa shape index (κ2) is 16.1. The summed E-state index contributed by atoms with van der Waals surface area (Å²) in [4.78, 5) is 52.0. The van der Waals surface area contributed by atoms with Gasteiger partial charge in [0.05, 0.1) is 18.1 Å². The minimum absolute atomic E-state index is 0.220. The number of aliphatic hydroxyl groups excluding tert-OH is 1. The first-order valence-electron chi connectivity index (χ1n) is 14.4. The molecule has 1 heterocycles. The van der Waals surface area contributed by atoms with Crippen molar-refractivity contribution in [2.75, 3.05) is 6.54 Å². The minimum atomic E-state index is -0.897. The number of nitrogens with one attached hydrogen (secondary N) is 4. The molecule has 4 unspecified atom stereocenters. The van der Waals surface area contributed by atoms with Gasteiger partial charge in [0.15, 0.2) is 0 Å². The van der Waals surface area contributed by atoms with E-state index in [0.29, 0.717) is 32.2 Å². The molecule has 0 radical (unpaired) electrons. The van der Waals surface area contributed by atoms with Gasteiger partial charge in [-0.15, -0.1) is 6.58 Å². The number of allylic oxidation sites excluding steroid dienone is 1. The third kappa shape index (κ3) is 9.82. The van der Waals surface area contributed by atoms with Gasteiger partial charge >= 0.3 is 0 Å². The molecule has 10 heteroatoms. The van der Waals surface area contributed by atoms with E-state index in [4.69, 9.17) is 0 Å². The Hall–Kier alpha value is -3.50. The molecule has 1 aromatic rings. The summed E-state index contributed by atoms with van der Waals surface area (Å²) in [5.41, 5.74) is 4.92. The highest BCUT2D eigenvalue weighted by atomic mass is 16.3. The highest BCUT2D eigenvalue weighted by molar-refractivity contribution is 5.92. The fourth-order valence-electron chi connectivity index (χ4n) is 4.62. The number of carbonyl (C=O) groups excluding carboxylic acids is 4. The van der Waals surface area contributed by atoms with Crippen molar-refractivity contribution in [2.24, 2.45) is 11.8 Å².